The van der Waals surface area contributed by atoms with Gasteiger partial charge in [-0.05, 0) is 44.0 Å². The molecule has 0 atom stereocenters. The Morgan fingerprint density at radius 1 is 1.14 bits per heavy atom. The summed E-state index contributed by atoms with van der Waals surface area (Å²) in [6.07, 6.45) is 1.58. The second-order valence-corrected chi connectivity index (χ2v) is 5.75. The highest BCUT2D eigenvalue weighted by molar-refractivity contribution is 9.11. The van der Waals surface area contributed by atoms with Crippen LogP contribution in [0.5, 0.6) is 17.4 Å². The highest BCUT2D eigenvalue weighted by atomic mass is 79.9. The van der Waals surface area contributed by atoms with Crippen molar-refractivity contribution in [2.45, 2.75) is 0 Å². The minimum atomic E-state index is 0.102. The van der Waals surface area contributed by atoms with Crippen LogP contribution in [0.2, 0.25) is 0 Å². The standard InChI is InChI=1S/C12H9Br2N5O2/c1-20-8-2-7(14)9(3-6(8)13)21-11-5-4-16-19-10(5)17-12(15)18-11/h2-4H,1H3,(H3,15,16,17,18,19). The van der Waals surface area contributed by atoms with Gasteiger partial charge in [0.2, 0.25) is 11.8 Å². The first kappa shape index (κ1) is 14.1. The van der Waals surface area contributed by atoms with Crippen LogP contribution in [0.3, 0.4) is 0 Å². The van der Waals surface area contributed by atoms with E-state index >= 15 is 0 Å². The molecule has 9 heteroatoms. The molecule has 0 aliphatic carbocycles. The third-order valence-electron chi connectivity index (χ3n) is 2.71. The Balaban J connectivity index is 2.06. The van der Waals surface area contributed by atoms with Crippen molar-refractivity contribution in [3.63, 3.8) is 0 Å². The van der Waals surface area contributed by atoms with E-state index in [0.29, 0.717) is 28.4 Å². The van der Waals surface area contributed by atoms with E-state index in [2.05, 4.69) is 52.0 Å². The second kappa shape index (κ2) is 5.49. The molecule has 0 aliphatic heterocycles. The molecule has 2 heterocycles. The molecule has 0 bridgehead atoms. The predicted octanol–water partition coefficient (Wildman–Crippen LogP) is 3.26. The average Bonchev–Trinajstić information content (AvgIpc) is 2.90. The molecule has 21 heavy (non-hydrogen) atoms. The van der Waals surface area contributed by atoms with E-state index in [0.717, 1.165) is 8.95 Å². The van der Waals surface area contributed by atoms with Crippen molar-refractivity contribution in [3.8, 4) is 17.4 Å². The third kappa shape index (κ3) is 2.66. The number of aromatic nitrogens is 4. The Bertz CT molecular complexity index is 821. The van der Waals surface area contributed by atoms with Crippen LogP contribution in [0.1, 0.15) is 0 Å². The number of hydrogen-bond donors (Lipinski definition) is 2. The van der Waals surface area contributed by atoms with E-state index in [1.54, 1.807) is 25.4 Å². The lowest BCUT2D eigenvalue weighted by Gasteiger charge is -2.11. The summed E-state index contributed by atoms with van der Waals surface area (Å²) in [6.45, 7) is 0. The number of anilines is 1. The number of rotatable bonds is 3. The first-order chi connectivity index (χ1) is 10.1. The van der Waals surface area contributed by atoms with Gasteiger partial charge < -0.3 is 15.2 Å². The molecular formula is C12H9Br2N5O2. The molecule has 3 rings (SSSR count). The number of nitrogens with one attached hydrogen (secondary N) is 1. The number of methoxy groups -OCH3 is 1. The minimum absolute atomic E-state index is 0.102. The van der Waals surface area contributed by atoms with Crippen LogP contribution in [0.25, 0.3) is 11.0 Å². The molecule has 0 saturated carbocycles. The predicted molar refractivity (Wildman–Crippen MR) is 84.6 cm³/mol. The fourth-order valence-corrected chi connectivity index (χ4v) is 2.64. The summed E-state index contributed by atoms with van der Waals surface area (Å²) in [4.78, 5) is 8.13. The summed E-state index contributed by atoms with van der Waals surface area (Å²) >= 11 is 6.84. The third-order valence-corrected chi connectivity index (χ3v) is 3.94. The molecule has 0 amide bonds. The number of ether oxygens (including phenoxy) is 2. The smallest absolute Gasteiger partial charge is 0.235 e. The zero-order valence-corrected chi connectivity index (χ0v) is 13.9. The number of halogens is 2. The highest BCUT2D eigenvalue weighted by Gasteiger charge is 2.14. The normalized spacial score (nSPS) is 10.8. The van der Waals surface area contributed by atoms with Gasteiger partial charge in [-0.3, -0.25) is 5.10 Å². The van der Waals surface area contributed by atoms with E-state index in [4.69, 9.17) is 15.2 Å². The summed E-state index contributed by atoms with van der Waals surface area (Å²) in [7, 11) is 1.59. The zero-order valence-electron chi connectivity index (χ0n) is 10.7. The topological polar surface area (TPSA) is 98.9 Å². The molecule has 1 aromatic carbocycles. The lowest BCUT2D eigenvalue weighted by Crippen LogP contribution is -1.98. The second-order valence-electron chi connectivity index (χ2n) is 4.04. The number of nitrogens with zero attached hydrogens (tertiary/aromatic N) is 3. The fraction of sp³-hybridized carbons (Fsp3) is 0.0833. The van der Waals surface area contributed by atoms with Crippen molar-refractivity contribution in [1.82, 2.24) is 20.2 Å². The van der Waals surface area contributed by atoms with Gasteiger partial charge in [0.05, 0.1) is 22.3 Å². The van der Waals surface area contributed by atoms with Crippen LogP contribution in [0.4, 0.5) is 5.95 Å². The lowest BCUT2D eigenvalue weighted by atomic mass is 10.3. The molecule has 0 spiro atoms. The largest absolute Gasteiger partial charge is 0.496 e. The van der Waals surface area contributed by atoms with E-state index in [-0.39, 0.29) is 5.95 Å². The van der Waals surface area contributed by atoms with Gasteiger partial charge in [0.1, 0.15) is 16.9 Å². The summed E-state index contributed by atoms with van der Waals surface area (Å²) in [5.41, 5.74) is 6.18. The van der Waals surface area contributed by atoms with Gasteiger partial charge in [-0.15, -0.1) is 0 Å². The number of benzene rings is 1. The SMILES string of the molecule is COc1cc(Br)c(Oc2nc(N)nc3[nH]ncc23)cc1Br. The van der Waals surface area contributed by atoms with Gasteiger partial charge in [0, 0.05) is 0 Å². The lowest BCUT2D eigenvalue weighted by molar-refractivity contribution is 0.409. The molecule has 0 unspecified atom stereocenters. The van der Waals surface area contributed by atoms with Crippen molar-refractivity contribution in [3.05, 3.63) is 27.3 Å². The van der Waals surface area contributed by atoms with Crippen LogP contribution < -0.4 is 15.2 Å². The monoisotopic (exact) mass is 413 g/mol. The van der Waals surface area contributed by atoms with Crippen LogP contribution in [-0.4, -0.2) is 27.3 Å². The fourth-order valence-electron chi connectivity index (χ4n) is 1.75. The maximum Gasteiger partial charge on any atom is 0.235 e. The molecular weight excluding hydrogens is 406 g/mol. The Labute approximate surface area is 136 Å². The highest BCUT2D eigenvalue weighted by Crippen LogP contribution is 2.38. The van der Waals surface area contributed by atoms with Crippen molar-refractivity contribution < 1.29 is 9.47 Å². The Morgan fingerprint density at radius 3 is 2.62 bits per heavy atom. The van der Waals surface area contributed by atoms with Gasteiger partial charge in [-0.1, -0.05) is 0 Å². The molecule has 0 fully saturated rings. The van der Waals surface area contributed by atoms with Gasteiger partial charge in [0.15, 0.2) is 5.65 Å². The maximum absolute atomic E-state index is 5.82. The summed E-state index contributed by atoms with van der Waals surface area (Å²) in [6, 6.07) is 3.56. The molecule has 0 aliphatic rings. The molecule has 3 aromatic rings. The molecule has 3 N–H and O–H groups in total. The zero-order chi connectivity index (χ0) is 15.0. The van der Waals surface area contributed by atoms with Gasteiger partial charge >= 0.3 is 0 Å². The van der Waals surface area contributed by atoms with Gasteiger partial charge in [-0.2, -0.15) is 15.1 Å². The molecule has 0 saturated heterocycles. The first-order valence-electron chi connectivity index (χ1n) is 5.76. The minimum Gasteiger partial charge on any atom is -0.496 e. The van der Waals surface area contributed by atoms with Crippen LogP contribution >= 0.6 is 31.9 Å². The summed E-state index contributed by atoms with van der Waals surface area (Å²) in [5, 5.41) is 7.28. The molecule has 2 aromatic heterocycles. The molecule has 108 valence electrons. The van der Waals surface area contributed by atoms with Crippen molar-refractivity contribution in [2.75, 3.05) is 12.8 Å². The Morgan fingerprint density at radius 2 is 1.86 bits per heavy atom. The Kier molecular flexibility index (Phi) is 3.68. The number of fused-ring (bicyclic) bond motifs is 1. The number of nitrogens with two attached hydrogens (primary N) is 1. The maximum atomic E-state index is 5.82. The number of nitrogen functional groups attached to an aromatic ring is 1. The van der Waals surface area contributed by atoms with Crippen LogP contribution in [0, 0.1) is 0 Å². The van der Waals surface area contributed by atoms with E-state index in [1.807, 2.05) is 0 Å². The summed E-state index contributed by atoms with van der Waals surface area (Å²) < 4.78 is 12.5. The first-order valence-corrected chi connectivity index (χ1v) is 7.34. The van der Waals surface area contributed by atoms with E-state index in [1.165, 1.54) is 0 Å². The number of H-pyrrole nitrogens is 1. The van der Waals surface area contributed by atoms with Crippen molar-refractivity contribution >= 4 is 48.8 Å². The number of hydrogen-bond acceptors (Lipinski definition) is 6. The average molecular weight is 415 g/mol. The molecule has 7 nitrogen and oxygen atoms in total. The van der Waals surface area contributed by atoms with Gasteiger partial charge in [0.25, 0.3) is 0 Å². The summed E-state index contributed by atoms with van der Waals surface area (Å²) in [5.74, 6) is 1.67. The van der Waals surface area contributed by atoms with Crippen LogP contribution in [0.15, 0.2) is 27.3 Å². The van der Waals surface area contributed by atoms with Crippen molar-refractivity contribution in [1.29, 1.82) is 0 Å². The molecule has 0 radical (unpaired) electrons. The quantitative estimate of drug-likeness (QED) is 0.682. The van der Waals surface area contributed by atoms with E-state index in [9.17, 15) is 0 Å². The van der Waals surface area contributed by atoms with Gasteiger partial charge in [-0.25, -0.2) is 0 Å². The Hall–Kier alpha value is -1.87. The van der Waals surface area contributed by atoms with Crippen molar-refractivity contribution in [2.24, 2.45) is 0 Å². The van der Waals surface area contributed by atoms with E-state index < -0.39 is 0 Å². The number of aromatic amines is 1. The van der Waals surface area contributed by atoms with Crippen LogP contribution in [-0.2, 0) is 0 Å².